The van der Waals surface area contributed by atoms with Gasteiger partial charge in [0.25, 0.3) is 0 Å². The van der Waals surface area contributed by atoms with E-state index in [2.05, 4.69) is 154 Å². The second-order valence-corrected chi connectivity index (χ2v) is 14.9. The quantitative estimate of drug-likeness (QED) is 0.127. The topological polar surface area (TPSA) is 101 Å². The molecule has 8 rings (SSSR count). The van der Waals surface area contributed by atoms with E-state index < -0.39 is 0 Å². The predicted molar refractivity (Wildman–Crippen MR) is 240 cm³/mol. The maximum absolute atomic E-state index is 4.80. The highest BCUT2D eigenvalue weighted by Gasteiger charge is 2.13. The van der Waals surface area contributed by atoms with Gasteiger partial charge in [-0.05, 0) is 103 Å². The smallest absolute Gasteiger partial charge is 0.230 e. The summed E-state index contributed by atoms with van der Waals surface area (Å²) in [5, 5.41) is 6.67. The van der Waals surface area contributed by atoms with E-state index in [0.717, 1.165) is 34.7 Å². The van der Waals surface area contributed by atoms with Gasteiger partial charge < -0.3 is 10.6 Å². The summed E-state index contributed by atoms with van der Waals surface area (Å²) in [6.07, 6.45) is 2.72. The molecule has 8 aromatic rings. The van der Waals surface area contributed by atoms with E-state index >= 15 is 0 Å². The van der Waals surface area contributed by atoms with Crippen molar-refractivity contribution in [3.05, 3.63) is 225 Å². The molecule has 2 N–H and O–H groups in total. The molecule has 0 saturated heterocycles. The number of hydrogen-bond donors (Lipinski definition) is 2. The van der Waals surface area contributed by atoms with E-state index in [1.54, 1.807) is 0 Å². The summed E-state index contributed by atoms with van der Waals surface area (Å²) >= 11 is 0. The molecule has 6 aromatic carbocycles. The Balaban J connectivity index is 0.000000179. The van der Waals surface area contributed by atoms with Crippen molar-refractivity contribution < 1.29 is 0 Å². The second-order valence-electron chi connectivity index (χ2n) is 14.9. The molecule has 2 aromatic heterocycles. The second kappa shape index (κ2) is 19.4. The standard InChI is InChI=1S/C26H26N4.C25H24N4/c1-18-12-14-23(15-13-18)27-26-29-24(16-21-10-6-4-8-19(21)2)28-25(30-26)17-22-11-7-5-9-20(22)3;1-18-10-6-8-12-20(18)16-23-27-24(17-21-13-9-7-11-19(21)2)29-25(28-23)26-22-14-4-3-5-15-22/h4-15H,16-17H2,1-3H3,(H,27,28,29,30);3-15H,16-17H2,1-2H3,(H,26,27,28,29). The Morgan fingerprint density at radius 1 is 0.305 bits per heavy atom. The van der Waals surface area contributed by atoms with Crippen LogP contribution in [0.2, 0.25) is 0 Å². The van der Waals surface area contributed by atoms with Crippen LogP contribution in [0.3, 0.4) is 0 Å². The third kappa shape index (κ3) is 11.5. The van der Waals surface area contributed by atoms with Crippen LogP contribution < -0.4 is 10.6 Å². The van der Waals surface area contributed by atoms with Crippen LogP contribution in [0.15, 0.2) is 152 Å². The van der Waals surface area contributed by atoms with Crippen molar-refractivity contribution in [1.82, 2.24) is 29.9 Å². The van der Waals surface area contributed by atoms with Crippen molar-refractivity contribution in [2.45, 2.75) is 60.3 Å². The lowest BCUT2D eigenvalue weighted by atomic mass is 10.0. The third-order valence-electron chi connectivity index (χ3n) is 10.2. The molecule has 294 valence electrons. The third-order valence-corrected chi connectivity index (χ3v) is 10.2. The zero-order valence-electron chi connectivity index (χ0n) is 34.4. The minimum atomic E-state index is 0.582. The highest BCUT2D eigenvalue weighted by molar-refractivity contribution is 5.54. The van der Waals surface area contributed by atoms with Crippen LogP contribution in [0.4, 0.5) is 23.3 Å². The predicted octanol–water partition coefficient (Wildman–Crippen LogP) is 11.1. The number of rotatable bonds is 12. The number of benzene rings is 6. The summed E-state index contributed by atoms with van der Waals surface area (Å²) in [6.45, 7) is 10.6. The van der Waals surface area contributed by atoms with Crippen LogP contribution in [0.1, 0.15) is 73.4 Å². The summed E-state index contributed by atoms with van der Waals surface area (Å²) in [4.78, 5) is 28.4. The van der Waals surface area contributed by atoms with E-state index in [0.29, 0.717) is 37.6 Å². The number of hydrogen-bond acceptors (Lipinski definition) is 8. The first-order chi connectivity index (χ1) is 28.7. The van der Waals surface area contributed by atoms with Crippen molar-refractivity contribution in [2.24, 2.45) is 0 Å². The highest BCUT2D eigenvalue weighted by atomic mass is 15.2. The van der Waals surface area contributed by atoms with Gasteiger partial charge in [0.1, 0.15) is 23.3 Å². The minimum absolute atomic E-state index is 0.582. The van der Waals surface area contributed by atoms with Crippen LogP contribution in [0.5, 0.6) is 0 Å². The number of nitrogens with zero attached hydrogens (tertiary/aromatic N) is 6. The van der Waals surface area contributed by atoms with Crippen molar-refractivity contribution in [3.63, 3.8) is 0 Å². The van der Waals surface area contributed by atoms with E-state index in [4.69, 9.17) is 29.9 Å². The van der Waals surface area contributed by atoms with E-state index in [9.17, 15) is 0 Å². The van der Waals surface area contributed by atoms with Gasteiger partial charge in [0.2, 0.25) is 11.9 Å². The Morgan fingerprint density at radius 2 is 0.593 bits per heavy atom. The molecular formula is C51H50N8. The van der Waals surface area contributed by atoms with Crippen molar-refractivity contribution in [1.29, 1.82) is 0 Å². The van der Waals surface area contributed by atoms with Gasteiger partial charge in [-0.1, -0.05) is 133 Å². The monoisotopic (exact) mass is 774 g/mol. The Hall–Kier alpha value is -7.06. The molecule has 0 aliphatic rings. The lowest BCUT2D eigenvalue weighted by molar-refractivity contribution is 0.851. The summed E-state index contributed by atoms with van der Waals surface area (Å²) in [7, 11) is 0. The van der Waals surface area contributed by atoms with Crippen molar-refractivity contribution >= 4 is 23.3 Å². The van der Waals surface area contributed by atoms with E-state index in [-0.39, 0.29) is 0 Å². The average molecular weight is 775 g/mol. The van der Waals surface area contributed by atoms with Gasteiger partial charge in [-0.25, -0.2) is 9.97 Å². The van der Waals surface area contributed by atoms with Gasteiger partial charge in [0.05, 0.1) is 0 Å². The maximum atomic E-state index is 4.80. The number of para-hydroxylation sites is 1. The zero-order valence-corrected chi connectivity index (χ0v) is 34.4. The largest absolute Gasteiger partial charge is 0.324 e. The number of aromatic nitrogens is 6. The first-order valence-electron chi connectivity index (χ1n) is 20.1. The van der Waals surface area contributed by atoms with Crippen molar-refractivity contribution in [3.8, 4) is 0 Å². The van der Waals surface area contributed by atoms with E-state index in [1.807, 2.05) is 42.5 Å². The molecule has 0 saturated carbocycles. The van der Waals surface area contributed by atoms with Gasteiger partial charge in [0.15, 0.2) is 0 Å². The molecule has 0 atom stereocenters. The molecular weight excluding hydrogens is 725 g/mol. The average Bonchev–Trinajstić information content (AvgIpc) is 3.23. The van der Waals surface area contributed by atoms with Crippen LogP contribution >= 0.6 is 0 Å². The molecule has 0 fully saturated rings. The lowest BCUT2D eigenvalue weighted by Crippen LogP contribution is -2.09. The van der Waals surface area contributed by atoms with Gasteiger partial charge in [-0.3, -0.25) is 0 Å². The SMILES string of the molecule is Cc1ccc(Nc2nc(Cc3ccccc3C)nc(Cc3ccccc3C)n2)cc1.Cc1ccccc1Cc1nc(Cc2ccccc2C)nc(Nc2ccccc2)n1. The molecule has 0 spiro atoms. The lowest BCUT2D eigenvalue weighted by Gasteiger charge is -2.11. The molecule has 0 aliphatic heterocycles. The Kier molecular flexibility index (Phi) is 13.2. The van der Waals surface area contributed by atoms with Crippen LogP contribution in [0.25, 0.3) is 0 Å². The fraction of sp³-hybridized carbons (Fsp3) is 0.176. The molecule has 0 unspecified atom stereocenters. The molecule has 59 heavy (non-hydrogen) atoms. The van der Waals surface area contributed by atoms with E-state index in [1.165, 1.54) is 50.1 Å². The Labute approximate surface area is 348 Å². The molecule has 0 bridgehead atoms. The molecule has 8 heteroatoms. The van der Waals surface area contributed by atoms with Gasteiger partial charge >= 0.3 is 0 Å². The van der Waals surface area contributed by atoms with Crippen molar-refractivity contribution in [2.75, 3.05) is 10.6 Å². The summed E-state index contributed by atoms with van der Waals surface area (Å²) in [5.74, 6) is 4.27. The van der Waals surface area contributed by atoms with Crippen LogP contribution in [-0.2, 0) is 25.7 Å². The number of aryl methyl sites for hydroxylation is 5. The highest BCUT2D eigenvalue weighted by Crippen LogP contribution is 2.20. The van der Waals surface area contributed by atoms with Gasteiger partial charge in [0, 0.05) is 37.1 Å². The first kappa shape index (κ1) is 40.1. The van der Waals surface area contributed by atoms with Gasteiger partial charge in [-0.15, -0.1) is 0 Å². The van der Waals surface area contributed by atoms with Crippen LogP contribution in [-0.4, -0.2) is 29.9 Å². The maximum Gasteiger partial charge on any atom is 0.230 e. The molecule has 8 nitrogen and oxygen atoms in total. The fourth-order valence-electron chi connectivity index (χ4n) is 6.70. The Morgan fingerprint density at radius 3 is 0.915 bits per heavy atom. The summed E-state index contributed by atoms with van der Waals surface area (Å²) < 4.78 is 0. The molecule has 2 heterocycles. The minimum Gasteiger partial charge on any atom is -0.324 e. The molecule has 0 radical (unpaired) electrons. The fourth-order valence-corrected chi connectivity index (χ4v) is 6.70. The normalized spacial score (nSPS) is 10.7. The summed E-state index contributed by atoms with van der Waals surface area (Å²) in [5.41, 5.74) is 13.0. The van der Waals surface area contributed by atoms with Crippen LogP contribution in [0, 0.1) is 34.6 Å². The number of anilines is 4. The number of nitrogens with one attached hydrogen (secondary N) is 2. The van der Waals surface area contributed by atoms with Gasteiger partial charge in [-0.2, -0.15) is 19.9 Å². The molecule has 0 amide bonds. The Bertz CT molecular complexity index is 2490. The first-order valence-corrected chi connectivity index (χ1v) is 20.1. The summed E-state index contributed by atoms with van der Waals surface area (Å²) in [6, 6.07) is 51.7. The molecule has 0 aliphatic carbocycles. The zero-order chi connectivity index (χ0) is 41.0.